The highest BCUT2D eigenvalue weighted by Crippen LogP contribution is 2.43. The Kier molecular flexibility index (Phi) is 2.45. The summed E-state index contributed by atoms with van der Waals surface area (Å²) in [4.78, 5) is 16.3. The highest BCUT2D eigenvalue weighted by Gasteiger charge is 2.41. The SMILES string of the molecule is Cc1nccnc1-c1cnc(C(C)(N)C2CC2)[nH]1. The van der Waals surface area contributed by atoms with Crippen LogP contribution in [0.25, 0.3) is 11.4 Å². The maximum atomic E-state index is 6.34. The van der Waals surface area contributed by atoms with Crippen molar-refractivity contribution in [2.24, 2.45) is 11.7 Å². The summed E-state index contributed by atoms with van der Waals surface area (Å²) >= 11 is 0. The van der Waals surface area contributed by atoms with Crippen molar-refractivity contribution in [2.75, 3.05) is 0 Å². The Morgan fingerprint density at radius 2 is 2.00 bits per heavy atom. The number of aromatic amines is 1. The molecule has 1 fully saturated rings. The molecule has 3 rings (SSSR count). The second-order valence-corrected chi connectivity index (χ2v) is 5.19. The zero-order valence-corrected chi connectivity index (χ0v) is 10.6. The molecular weight excluding hydrogens is 226 g/mol. The average Bonchev–Trinajstić information content (AvgIpc) is 3.09. The first-order valence-electron chi connectivity index (χ1n) is 6.21. The van der Waals surface area contributed by atoms with Gasteiger partial charge in [0.05, 0.1) is 23.1 Å². The van der Waals surface area contributed by atoms with Gasteiger partial charge in [-0.15, -0.1) is 0 Å². The van der Waals surface area contributed by atoms with Crippen LogP contribution in [0.4, 0.5) is 0 Å². The van der Waals surface area contributed by atoms with Crippen LogP contribution < -0.4 is 5.73 Å². The zero-order chi connectivity index (χ0) is 12.8. The van der Waals surface area contributed by atoms with E-state index in [1.165, 1.54) is 12.8 Å². The number of nitrogens with zero attached hydrogens (tertiary/aromatic N) is 3. The number of nitrogens with one attached hydrogen (secondary N) is 1. The Morgan fingerprint density at radius 1 is 1.28 bits per heavy atom. The first kappa shape index (κ1) is 11.3. The fourth-order valence-electron chi connectivity index (χ4n) is 2.26. The predicted octanol–water partition coefficient (Wildman–Crippen LogP) is 1.76. The molecule has 1 unspecified atom stereocenters. The van der Waals surface area contributed by atoms with Crippen molar-refractivity contribution in [3.8, 4) is 11.4 Å². The maximum Gasteiger partial charge on any atom is 0.126 e. The number of nitrogens with two attached hydrogens (primary N) is 1. The average molecular weight is 243 g/mol. The Morgan fingerprint density at radius 3 is 2.67 bits per heavy atom. The molecule has 2 heterocycles. The van der Waals surface area contributed by atoms with Crippen LogP contribution >= 0.6 is 0 Å². The molecule has 1 aliphatic rings. The quantitative estimate of drug-likeness (QED) is 0.860. The highest BCUT2D eigenvalue weighted by atomic mass is 15.0. The van der Waals surface area contributed by atoms with Gasteiger partial charge in [-0.2, -0.15) is 0 Å². The zero-order valence-electron chi connectivity index (χ0n) is 10.6. The molecule has 0 bridgehead atoms. The van der Waals surface area contributed by atoms with Crippen molar-refractivity contribution < 1.29 is 0 Å². The van der Waals surface area contributed by atoms with Gasteiger partial charge >= 0.3 is 0 Å². The second-order valence-electron chi connectivity index (χ2n) is 5.19. The monoisotopic (exact) mass is 243 g/mol. The normalized spacial score (nSPS) is 18.6. The minimum Gasteiger partial charge on any atom is -0.339 e. The largest absolute Gasteiger partial charge is 0.339 e. The molecule has 2 aromatic rings. The van der Waals surface area contributed by atoms with E-state index in [4.69, 9.17) is 5.73 Å². The minimum atomic E-state index is -0.367. The molecule has 5 heteroatoms. The van der Waals surface area contributed by atoms with Crippen molar-refractivity contribution in [3.05, 3.63) is 30.1 Å². The Labute approximate surface area is 106 Å². The van der Waals surface area contributed by atoms with E-state index in [0.717, 1.165) is 22.9 Å². The van der Waals surface area contributed by atoms with Gasteiger partial charge in [-0.3, -0.25) is 9.97 Å². The molecule has 0 spiro atoms. The van der Waals surface area contributed by atoms with Gasteiger partial charge in [-0.05, 0) is 32.6 Å². The van der Waals surface area contributed by atoms with Crippen LogP contribution in [0.5, 0.6) is 0 Å². The summed E-state index contributed by atoms with van der Waals surface area (Å²) in [5.74, 6) is 1.38. The molecule has 0 aromatic carbocycles. The van der Waals surface area contributed by atoms with Crippen LogP contribution in [0.3, 0.4) is 0 Å². The van der Waals surface area contributed by atoms with Crippen molar-refractivity contribution in [3.63, 3.8) is 0 Å². The van der Waals surface area contributed by atoms with Crippen LogP contribution in [-0.4, -0.2) is 19.9 Å². The van der Waals surface area contributed by atoms with Crippen molar-refractivity contribution in [1.29, 1.82) is 0 Å². The van der Waals surface area contributed by atoms with E-state index in [0.29, 0.717) is 5.92 Å². The van der Waals surface area contributed by atoms with Crippen molar-refractivity contribution in [1.82, 2.24) is 19.9 Å². The molecule has 2 aromatic heterocycles. The highest BCUT2D eigenvalue weighted by molar-refractivity contribution is 5.55. The number of aryl methyl sites for hydroxylation is 1. The molecular formula is C13H17N5. The summed E-state index contributed by atoms with van der Waals surface area (Å²) < 4.78 is 0. The van der Waals surface area contributed by atoms with E-state index >= 15 is 0 Å². The van der Waals surface area contributed by atoms with E-state index in [1.807, 2.05) is 13.8 Å². The lowest BCUT2D eigenvalue weighted by molar-refractivity contribution is 0.404. The van der Waals surface area contributed by atoms with Crippen molar-refractivity contribution >= 4 is 0 Å². The molecule has 1 atom stereocenters. The molecule has 1 saturated carbocycles. The van der Waals surface area contributed by atoms with E-state index in [-0.39, 0.29) is 5.54 Å². The predicted molar refractivity (Wildman–Crippen MR) is 68.6 cm³/mol. The number of aromatic nitrogens is 4. The Balaban J connectivity index is 1.97. The lowest BCUT2D eigenvalue weighted by Crippen LogP contribution is -2.36. The number of H-pyrrole nitrogens is 1. The summed E-state index contributed by atoms with van der Waals surface area (Å²) in [6.07, 6.45) is 7.54. The summed E-state index contributed by atoms with van der Waals surface area (Å²) in [5.41, 5.74) is 8.58. The smallest absolute Gasteiger partial charge is 0.126 e. The fraction of sp³-hybridized carbons (Fsp3) is 0.462. The number of rotatable bonds is 3. The minimum absolute atomic E-state index is 0.367. The lowest BCUT2D eigenvalue weighted by Gasteiger charge is -2.21. The number of hydrogen-bond acceptors (Lipinski definition) is 4. The molecule has 0 radical (unpaired) electrons. The molecule has 0 saturated heterocycles. The van der Waals surface area contributed by atoms with Gasteiger partial charge in [-0.25, -0.2) is 4.98 Å². The first-order chi connectivity index (χ1) is 8.59. The summed E-state index contributed by atoms with van der Waals surface area (Å²) in [6, 6.07) is 0. The fourth-order valence-corrected chi connectivity index (χ4v) is 2.26. The third kappa shape index (κ3) is 1.80. The van der Waals surface area contributed by atoms with E-state index < -0.39 is 0 Å². The third-order valence-electron chi connectivity index (χ3n) is 3.65. The molecule has 1 aliphatic carbocycles. The molecule has 5 nitrogen and oxygen atoms in total. The van der Waals surface area contributed by atoms with Crippen LogP contribution in [0.2, 0.25) is 0 Å². The van der Waals surface area contributed by atoms with Crippen LogP contribution in [0, 0.1) is 12.8 Å². The van der Waals surface area contributed by atoms with Gasteiger partial charge in [0.2, 0.25) is 0 Å². The molecule has 0 aliphatic heterocycles. The van der Waals surface area contributed by atoms with Crippen LogP contribution in [-0.2, 0) is 5.54 Å². The van der Waals surface area contributed by atoms with Gasteiger partial charge in [-0.1, -0.05) is 0 Å². The van der Waals surface area contributed by atoms with E-state index in [2.05, 4.69) is 19.9 Å². The van der Waals surface area contributed by atoms with Gasteiger partial charge < -0.3 is 10.7 Å². The Bertz CT molecular complexity index is 568. The first-order valence-corrected chi connectivity index (χ1v) is 6.21. The topological polar surface area (TPSA) is 80.5 Å². The van der Waals surface area contributed by atoms with E-state index in [1.54, 1.807) is 18.6 Å². The van der Waals surface area contributed by atoms with Gasteiger partial charge in [0.15, 0.2) is 0 Å². The molecule has 0 amide bonds. The summed E-state index contributed by atoms with van der Waals surface area (Å²) in [6.45, 7) is 3.97. The summed E-state index contributed by atoms with van der Waals surface area (Å²) in [7, 11) is 0. The number of hydrogen-bond donors (Lipinski definition) is 2. The second kappa shape index (κ2) is 3.88. The molecule has 18 heavy (non-hydrogen) atoms. The van der Waals surface area contributed by atoms with E-state index in [9.17, 15) is 0 Å². The van der Waals surface area contributed by atoms with Crippen LogP contribution in [0.1, 0.15) is 31.3 Å². The maximum absolute atomic E-state index is 6.34. The lowest BCUT2D eigenvalue weighted by atomic mass is 9.97. The van der Waals surface area contributed by atoms with Crippen LogP contribution in [0.15, 0.2) is 18.6 Å². The van der Waals surface area contributed by atoms with Gasteiger partial charge in [0, 0.05) is 12.4 Å². The standard InChI is InChI=1S/C13H17N5/c1-8-11(16-6-5-15-8)10-7-17-12(18-10)13(2,14)9-3-4-9/h5-7,9H,3-4,14H2,1-2H3,(H,17,18). The number of imidazole rings is 1. The molecule has 94 valence electrons. The Hall–Kier alpha value is -1.75. The van der Waals surface area contributed by atoms with Crippen molar-refractivity contribution in [2.45, 2.75) is 32.2 Å². The van der Waals surface area contributed by atoms with Gasteiger partial charge in [0.1, 0.15) is 11.5 Å². The molecule has 3 N–H and O–H groups in total. The summed E-state index contributed by atoms with van der Waals surface area (Å²) in [5, 5.41) is 0. The third-order valence-corrected chi connectivity index (χ3v) is 3.65. The van der Waals surface area contributed by atoms with Gasteiger partial charge in [0.25, 0.3) is 0 Å².